The van der Waals surface area contributed by atoms with Crippen molar-refractivity contribution in [3.05, 3.63) is 42.2 Å². The fourth-order valence-electron chi connectivity index (χ4n) is 4.00. The summed E-state index contributed by atoms with van der Waals surface area (Å²) >= 11 is 0. The van der Waals surface area contributed by atoms with Crippen LogP contribution in [0, 0.1) is 17.3 Å². The van der Waals surface area contributed by atoms with Crippen molar-refractivity contribution in [1.29, 1.82) is 0 Å². The van der Waals surface area contributed by atoms with Gasteiger partial charge < -0.3 is 0 Å². The second kappa shape index (κ2) is 5.25. The lowest BCUT2D eigenvalue weighted by molar-refractivity contribution is 0.0540. The average Bonchev–Trinajstić information content (AvgIpc) is 2.45. The van der Waals surface area contributed by atoms with Crippen LogP contribution in [0.5, 0.6) is 0 Å². The highest BCUT2D eigenvalue weighted by Gasteiger charge is 2.41. The van der Waals surface area contributed by atoms with Crippen LogP contribution in [0.1, 0.15) is 50.4 Å². The molecule has 2 aromatic rings. The third-order valence-corrected chi connectivity index (χ3v) is 5.10. The van der Waals surface area contributed by atoms with Gasteiger partial charge in [-0.2, -0.15) is 0 Å². The molecule has 21 heavy (non-hydrogen) atoms. The maximum Gasteiger partial charge on any atom is 0.166 e. The Hall–Kier alpha value is -1.70. The van der Waals surface area contributed by atoms with Gasteiger partial charge in [-0.15, -0.1) is 0 Å². The summed E-state index contributed by atoms with van der Waals surface area (Å²) in [5, 5.41) is 2.18. The Labute approximate surface area is 126 Å². The van der Waals surface area contributed by atoms with E-state index in [9.17, 15) is 4.79 Å². The number of carbonyl (C=O) groups is 1. The summed E-state index contributed by atoms with van der Waals surface area (Å²) in [7, 11) is 0. The van der Waals surface area contributed by atoms with E-state index in [1.165, 1.54) is 6.42 Å². The van der Waals surface area contributed by atoms with E-state index in [-0.39, 0.29) is 11.3 Å². The molecule has 1 saturated carbocycles. The first kappa shape index (κ1) is 14.2. The lowest BCUT2D eigenvalue weighted by Crippen LogP contribution is -2.39. The molecule has 1 aromatic heterocycles. The normalized spacial score (nSPS) is 24.9. The van der Waals surface area contributed by atoms with E-state index < -0.39 is 0 Å². The first-order valence-corrected chi connectivity index (χ1v) is 7.87. The van der Waals surface area contributed by atoms with Crippen LogP contribution in [0.15, 0.2) is 36.7 Å². The van der Waals surface area contributed by atoms with Crippen LogP contribution < -0.4 is 0 Å². The zero-order chi connectivity index (χ0) is 15.0. The fraction of sp³-hybridized carbons (Fsp3) is 0.474. The molecule has 2 nitrogen and oxygen atoms in total. The van der Waals surface area contributed by atoms with E-state index in [1.807, 2.05) is 30.5 Å². The molecule has 1 fully saturated rings. The molecule has 0 saturated heterocycles. The van der Waals surface area contributed by atoms with Gasteiger partial charge >= 0.3 is 0 Å². The summed E-state index contributed by atoms with van der Waals surface area (Å²) in [5.41, 5.74) is 0.947. The van der Waals surface area contributed by atoms with E-state index in [0.29, 0.717) is 11.7 Å². The van der Waals surface area contributed by atoms with E-state index in [0.717, 1.165) is 29.2 Å². The second-order valence-electron chi connectivity index (χ2n) is 7.14. The molecular formula is C19H23NO. The minimum absolute atomic E-state index is 0.0992. The molecule has 0 N–H and O–H groups in total. The van der Waals surface area contributed by atoms with Crippen molar-refractivity contribution < 1.29 is 4.79 Å². The van der Waals surface area contributed by atoms with Crippen molar-refractivity contribution in [2.45, 2.75) is 40.0 Å². The molecule has 0 amide bonds. The molecule has 3 rings (SSSR count). The monoisotopic (exact) mass is 281 g/mol. The standard InChI is InChI=1S/C19H23NO/c1-13-5-4-9-19(2,3)17(13)18(21)15-6-7-16-12-20-10-8-14(16)11-15/h6-8,10-13,17H,4-5,9H2,1-3H3/t13-,17-/m0/s1. The topological polar surface area (TPSA) is 30.0 Å². The molecule has 0 spiro atoms. The van der Waals surface area contributed by atoms with Crippen LogP contribution in [0.3, 0.4) is 0 Å². The molecule has 1 aliphatic rings. The minimum Gasteiger partial charge on any atom is -0.294 e. The van der Waals surface area contributed by atoms with Crippen LogP contribution in [0.2, 0.25) is 0 Å². The van der Waals surface area contributed by atoms with Crippen molar-refractivity contribution in [3.8, 4) is 0 Å². The zero-order valence-corrected chi connectivity index (χ0v) is 13.1. The maximum atomic E-state index is 13.1. The second-order valence-corrected chi connectivity index (χ2v) is 7.14. The first-order chi connectivity index (χ1) is 9.99. The summed E-state index contributed by atoms with van der Waals surface area (Å²) in [4.78, 5) is 17.2. The molecule has 0 bridgehead atoms. The van der Waals surface area contributed by atoms with Crippen LogP contribution in [0.4, 0.5) is 0 Å². The van der Waals surface area contributed by atoms with Gasteiger partial charge in [0.05, 0.1) is 0 Å². The van der Waals surface area contributed by atoms with Gasteiger partial charge in [0, 0.05) is 29.3 Å². The molecule has 0 radical (unpaired) electrons. The molecule has 0 unspecified atom stereocenters. The summed E-state index contributed by atoms with van der Waals surface area (Å²) in [6, 6.07) is 7.97. The smallest absolute Gasteiger partial charge is 0.166 e. The molecule has 1 heterocycles. The quantitative estimate of drug-likeness (QED) is 0.734. The SMILES string of the molecule is C[C@H]1CCCC(C)(C)[C@@H]1C(=O)c1ccc2cnccc2c1. The van der Waals surface area contributed by atoms with Crippen LogP contribution in [0.25, 0.3) is 10.8 Å². The summed E-state index contributed by atoms with van der Waals surface area (Å²) in [6.45, 7) is 6.72. The van der Waals surface area contributed by atoms with Crippen LogP contribution in [-0.4, -0.2) is 10.8 Å². The lowest BCUT2D eigenvalue weighted by Gasteiger charge is -2.42. The number of ketones is 1. The Morgan fingerprint density at radius 3 is 2.81 bits per heavy atom. The third-order valence-electron chi connectivity index (χ3n) is 5.10. The summed E-state index contributed by atoms with van der Waals surface area (Å²) in [6.07, 6.45) is 7.17. The maximum absolute atomic E-state index is 13.1. The Kier molecular flexibility index (Phi) is 3.56. The highest BCUT2D eigenvalue weighted by molar-refractivity contribution is 6.01. The third kappa shape index (κ3) is 2.59. The Morgan fingerprint density at radius 2 is 2.05 bits per heavy atom. The number of benzene rings is 1. The van der Waals surface area contributed by atoms with E-state index >= 15 is 0 Å². The Balaban J connectivity index is 1.99. The van der Waals surface area contributed by atoms with Gasteiger partial charge in [0.1, 0.15) is 0 Å². The van der Waals surface area contributed by atoms with Crippen molar-refractivity contribution in [1.82, 2.24) is 4.98 Å². The number of pyridine rings is 1. The highest BCUT2D eigenvalue weighted by atomic mass is 16.1. The predicted octanol–water partition coefficient (Wildman–Crippen LogP) is 4.88. The van der Waals surface area contributed by atoms with Gasteiger partial charge in [-0.25, -0.2) is 0 Å². The number of fused-ring (bicyclic) bond motifs is 1. The van der Waals surface area contributed by atoms with Crippen molar-refractivity contribution in [3.63, 3.8) is 0 Å². The van der Waals surface area contributed by atoms with Crippen molar-refractivity contribution >= 4 is 16.6 Å². The van der Waals surface area contributed by atoms with Gasteiger partial charge in [0.15, 0.2) is 5.78 Å². The van der Waals surface area contributed by atoms with E-state index in [4.69, 9.17) is 0 Å². The van der Waals surface area contributed by atoms with Crippen LogP contribution >= 0.6 is 0 Å². The predicted molar refractivity (Wildman–Crippen MR) is 86.4 cm³/mol. The summed E-state index contributed by atoms with van der Waals surface area (Å²) < 4.78 is 0. The van der Waals surface area contributed by atoms with E-state index in [1.54, 1.807) is 6.20 Å². The molecule has 2 atom stereocenters. The fourth-order valence-corrected chi connectivity index (χ4v) is 4.00. The van der Waals surface area contributed by atoms with Crippen molar-refractivity contribution in [2.24, 2.45) is 17.3 Å². The number of nitrogens with zero attached hydrogens (tertiary/aromatic N) is 1. The van der Waals surface area contributed by atoms with E-state index in [2.05, 4.69) is 25.8 Å². The number of Topliss-reactive ketones (excluding diaryl/α,β-unsaturated/α-hetero) is 1. The van der Waals surface area contributed by atoms with Gasteiger partial charge in [0.2, 0.25) is 0 Å². The van der Waals surface area contributed by atoms with Gasteiger partial charge in [0.25, 0.3) is 0 Å². The lowest BCUT2D eigenvalue weighted by atomic mass is 9.62. The Morgan fingerprint density at radius 1 is 1.24 bits per heavy atom. The zero-order valence-electron chi connectivity index (χ0n) is 13.1. The minimum atomic E-state index is 0.0992. The number of rotatable bonds is 2. The number of carbonyl (C=O) groups excluding carboxylic acids is 1. The highest BCUT2D eigenvalue weighted by Crippen LogP contribution is 2.45. The van der Waals surface area contributed by atoms with Gasteiger partial charge in [-0.1, -0.05) is 39.3 Å². The summed E-state index contributed by atoms with van der Waals surface area (Å²) in [5.74, 6) is 0.908. The largest absolute Gasteiger partial charge is 0.294 e. The molecule has 1 aromatic carbocycles. The van der Waals surface area contributed by atoms with Crippen LogP contribution in [-0.2, 0) is 0 Å². The number of hydrogen-bond donors (Lipinski definition) is 0. The number of aromatic nitrogens is 1. The molecule has 2 heteroatoms. The first-order valence-electron chi connectivity index (χ1n) is 7.87. The average molecular weight is 281 g/mol. The number of hydrogen-bond acceptors (Lipinski definition) is 2. The molecular weight excluding hydrogens is 258 g/mol. The molecule has 0 aliphatic heterocycles. The van der Waals surface area contributed by atoms with Gasteiger partial charge in [-0.3, -0.25) is 9.78 Å². The Bertz CT molecular complexity index is 674. The van der Waals surface area contributed by atoms with Gasteiger partial charge in [-0.05, 0) is 41.7 Å². The molecule has 1 aliphatic carbocycles. The molecule has 110 valence electrons. The van der Waals surface area contributed by atoms with Crippen molar-refractivity contribution in [2.75, 3.05) is 0 Å².